The first-order valence-electron chi connectivity index (χ1n) is 7.51. The molecule has 25 heavy (non-hydrogen) atoms. The molecule has 0 radical (unpaired) electrons. The maximum atomic E-state index is 12.1. The number of ether oxygens (including phenoxy) is 1. The first-order chi connectivity index (χ1) is 11.8. The minimum Gasteiger partial charge on any atom is -0.495 e. The number of rotatable bonds is 7. The van der Waals surface area contributed by atoms with Gasteiger partial charge < -0.3 is 10.1 Å². The van der Waals surface area contributed by atoms with Gasteiger partial charge >= 0.3 is 0 Å². The summed E-state index contributed by atoms with van der Waals surface area (Å²) >= 11 is 5.74. The molecule has 0 heterocycles. The summed E-state index contributed by atoms with van der Waals surface area (Å²) in [5, 5.41) is 3.17. The Morgan fingerprint density at radius 3 is 2.48 bits per heavy atom. The molecule has 2 rings (SSSR count). The van der Waals surface area contributed by atoms with Gasteiger partial charge in [-0.05, 0) is 48.9 Å². The number of anilines is 1. The van der Waals surface area contributed by atoms with Gasteiger partial charge in [0.25, 0.3) is 0 Å². The Hall–Kier alpha value is -2.09. The van der Waals surface area contributed by atoms with Crippen LogP contribution in [-0.2, 0) is 14.8 Å². The van der Waals surface area contributed by atoms with Gasteiger partial charge in [-0.25, -0.2) is 13.1 Å². The van der Waals surface area contributed by atoms with Crippen molar-refractivity contribution in [1.29, 1.82) is 0 Å². The molecule has 0 atom stereocenters. The molecule has 0 bridgehead atoms. The van der Waals surface area contributed by atoms with Gasteiger partial charge in [0, 0.05) is 18.0 Å². The van der Waals surface area contributed by atoms with Crippen LogP contribution >= 0.6 is 11.6 Å². The number of methoxy groups -OCH3 is 1. The Labute approximate surface area is 152 Å². The third kappa shape index (κ3) is 5.45. The Kier molecular flexibility index (Phi) is 6.41. The second kappa shape index (κ2) is 8.33. The number of aryl methyl sites for hydroxylation is 1. The monoisotopic (exact) mass is 382 g/mol. The molecule has 0 fully saturated rings. The van der Waals surface area contributed by atoms with Crippen LogP contribution in [-0.4, -0.2) is 28.0 Å². The lowest BCUT2D eigenvalue weighted by Crippen LogP contribution is -2.27. The van der Waals surface area contributed by atoms with E-state index in [0.29, 0.717) is 16.5 Å². The molecule has 6 nitrogen and oxygen atoms in total. The van der Waals surface area contributed by atoms with E-state index in [1.54, 1.807) is 12.1 Å². The molecule has 8 heteroatoms. The summed E-state index contributed by atoms with van der Waals surface area (Å²) in [6.07, 6.45) is -0.0100. The van der Waals surface area contributed by atoms with Gasteiger partial charge in [0.15, 0.2) is 0 Å². The van der Waals surface area contributed by atoms with Crippen molar-refractivity contribution in [2.24, 2.45) is 0 Å². The van der Waals surface area contributed by atoms with Crippen molar-refractivity contribution in [2.75, 3.05) is 19.0 Å². The van der Waals surface area contributed by atoms with Crippen LogP contribution in [0.5, 0.6) is 5.75 Å². The SMILES string of the molecule is COc1ccc(C)cc1NC(=O)CCNS(=O)(=O)c1ccc(Cl)cc1. The summed E-state index contributed by atoms with van der Waals surface area (Å²) < 4.78 is 31.8. The lowest BCUT2D eigenvalue weighted by molar-refractivity contribution is -0.116. The van der Waals surface area contributed by atoms with Gasteiger partial charge in [0.05, 0.1) is 17.7 Å². The minimum absolute atomic E-state index is 0.0100. The van der Waals surface area contributed by atoms with Crippen molar-refractivity contribution in [3.63, 3.8) is 0 Å². The molecule has 2 aromatic carbocycles. The Balaban J connectivity index is 1.92. The maximum Gasteiger partial charge on any atom is 0.240 e. The third-order valence-corrected chi connectivity index (χ3v) is 5.13. The Morgan fingerprint density at radius 2 is 1.84 bits per heavy atom. The van der Waals surface area contributed by atoms with E-state index in [-0.39, 0.29) is 23.8 Å². The fourth-order valence-electron chi connectivity index (χ4n) is 2.13. The number of benzene rings is 2. The first-order valence-corrected chi connectivity index (χ1v) is 9.37. The molecule has 0 unspecified atom stereocenters. The van der Waals surface area contributed by atoms with Gasteiger partial charge in [-0.3, -0.25) is 4.79 Å². The molecule has 0 saturated heterocycles. The Morgan fingerprint density at radius 1 is 1.16 bits per heavy atom. The highest BCUT2D eigenvalue weighted by Crippen LogP contribution is 2.25. The van der Waals surface area contributed by atoms with Crippen LogP contribution in [0, 0.1) is 6.92 Å². The number of sulfonamides is 1. The summed E-state index contributed by atoms with van der Waals surface area (Å²) in [6.45, 7) is 1.88. The van der Waals surface area contributed by atoms with E-state index in [1.807, 2.05) is 13.0 Å². The molecule has 1 amide bonds. The quantitative estimate of drug-likeness (QED) is 0.771. The van der Waals surface area contributed by atoms with E-state index in [4.69, 9.17) is 16.3 Å². The van der Waals surface area contributed by atoms with E-state index < -0.39 is 10.0 Å². The zero-order valence-corrected chi connectivity index (χ0v) is 15.4. The third-order valence-electron chi connectivity index (χ3n) is 3.40. The van der Waals surface area contributed by atoms with Crippen molar-refractivity contribution in [2.45, 2.75) is 18.2 Å². The average Bonchev–Trinajstić information content (AvgIpc) is 2.55. The predicted molar refractivity (Wildman–Crippen MR) is 97.6 cm³/mol. The molecular formula is C17H19ClN2O4S. The van der Waals surface area contributed by atoms with Crippen molar-refractivity contribution in [1.82, 2.24) is 4.72 Å². The summed E-state index contributed by atoms with van der Waals surface area (Å²) in [7, 11) is -2.16. The highest BCUT2D eigenvalue weighted by atomic mass is 35.5. The van der Waals surface area contributed by atoms with Crippen LogP contribution in [0.2, 0.25) is 5.02 Å². The number of hydrogen-bond donors (Lipinski definition) is 2. The summed E-state index contributed by atoms with van der Waals surface area (Å²) in [6, 6.07) is 11.2. The largest absolute Gasteiger partial charge is 0.495 e. The second-order valence-electron chi connectivity index (χ2n) is 5.35. The molecule has 0 saturated carbocycles. The number of hydrogen-bond acceptors (Lipinski definition) is 4. The molecule has 134 valence electrons. The van der Waals surface area contributed by atoms with Gasteiger partial charge in [-0.15, -0.1) is 0 Å². The molecule has 0 spiro atoms. The fraction of sp³-hybridized carbons (Fsp3) is 0.235. The number of halogens is 1. The standard InChI is InChI=1S/C17H19ClN2O4S/c1-12-3-8-16(24-2)15(11-12)20-17(21)9-10-19-25(22,23)14-6-4-13(18)5-7-14/h3-8,11,19H,9-10H2,1-2H3,(H,20,21). The van der Waals surface area contributed by atoms with Crippen LogP contribution in [0.1, 0.15) is 12.0 Å². The fourth-order valence-corrected chi connectivity index (χ4v) is 3.29. The predicted octanol–water partition coefficient (Wildman–Crippen LogP) is 2.96. The summed E-state index contributed by atoms with van der Waals surface area (Å²) in [5.41, 5.74) is 1.52. The van der Waals surface area contributed by atoms with Crippen molar-refractivity contribution >= 4 is 33.2 Å². The molecule has 0 aliphatic rings. The topological polar surface area (TPSA) is 84.5 Å². The molecular weight excluding hydrogens is 364 g/mol. The number of nitrogens with one attached hydrogen (secondary N) is 2. The van der Waals surface area contributed by atoms with Crippen LogP contribution in [0.4, 0.5) is 5.69 Å². The van der Waals surface area contributed by atoms with E-state index in [0.717, 1.165) is 5.56 Å². The highest BCUT2D eigenvalue weighted by molar-refractivity contribution is 7.89. The van der Waals surface area contributed by atoms with Gasteiger partial charge in [-0.2, -0.15) is 0 Å². The molecule has 0 aromatic heterocycles. The summed E-state index contributed by atoms with van der Waals surface area (Å²) in [4.78, 5) is 12.1. The number of carbonyl (C=O) groups excluding carboxylic acids is 1. The molecule has 0 aliphatic heterocycles. The van der Waals surface area contributed by atoms with Gasteiger partial charge in [0.2, 0.25) is 15.9 Å². The zero-order chi connectivity index (χ0) is 18.4. The van der Waals surface area contributed by atoms with Crippen LogP contribution in [0.3, 0.4) is 0 Å². The van der Waals surface area contributed by atoms with E-state index in [2.05, 4.69) is 10.0 Å². The first kappa shape index (κ1) is 19.2. The molecule has 0 aliphatic carbocycles. The number of amides is 1. The van der Waals surface area contributed by atoms with E-state index in [1.165, 1.54) is 31.4 Å². The maximum absolute atomic E-state index is 12.1. The average molecular weight is 383 g/mol. The summed E-state index contributed by atoms with van der Waals surface area (Å²) in [5.74, 6) is 0.225. The van der Waals surface area contributed by atoms with E-state index in [9.17, 15) is 13.2 Å². The van der Waals surface area contributed by atoms with E-state index >= 15 is 0 Å². The van der Waals surface area contributed by atoms with Crippen LogP contribution < -0.4 is 14.8 Å². The highest BCUT2D eigenvalue weighted by Gasteiger charge is 2.14. The molecule has 2 N–H and O–H groups in total. The van der Waals surface area contributed by atoms with Crippen LogP contribution in [0.25, 0.3) is 0 Å². The second-order valence-corrected chi connectivity index (χ2v) is 7.56. The van der Waals surface area contributed by atoms with Gasteiger partial charge in [0.1, 0.15) is 5.75 Å². The van der Waals surface area contributed by atoms with Crippen molar-refractivity contribution < 1.29 is 17.9 Å². The normalized spacial score (nSPS) is 11.2. The number of carbonyl (C=O) groups is 1. The smallest absolute Gasteiger partial charge is 0.240 e. The van der Waals surface area contributed by atoms with Crippen molar-refractivity contribution in [3.05, 3.63) is 53.1 Å². The van der Waals surface area contributed by atoms with Crippen molar-refractivity contribution in [3.8, 4) is 5.75 Å². The Bertz CT molecular complexity index is 851. The zero-order valence-electron chi connectivity index (χ0n) is 13.9. The lowest BCUT2D eigenvalue weighted by atomic mass is 10.2. The molecule has 2 aromatic rings. The van der Waals surface area contributed by atoms with Gasteiger partial charge in [-0.1, -0.05) is 17.7 Å². The van der Waals surface area contributed by atoms with Crippen LogP contribution in [0.15, 0.2) is 47.4 Å². The minimum atomic E-state index is -3.68. The lowest BCUT2D eigenvalue weighted by Gasteiger charge is -2.11.